The van der Waals surface area contributed by atoms with Gasteiger partial charge >= 0.3 is 0 Å². The van der Waals surface area contributed by atoms with Crippen molar-refractivity contribution in [2.75, 3.05) is 0 Å². The van der Waals surface area contributed by atoms with Crippen LogP contribution in [-0.4, -0.2) is 27.4 Å². The van der Waals surface area contributed by atoms with Crippen LogP contribution in [0.5, 0.6) is 0 Å². The van der Waals surface area contributed by atoms with Gasteiger partial charge in [-0.3, -0.25) is 0 Å². The molecule has 0 bridgehead atoms. The van der Waals surface area contributed by atoms with Crippen LogP contribution in [-0.2, 0) is 20.1 Å². The van der Waals surface area contributed by atoms with E-state index in [4.69, 9.17) is 0 Å². The van der Waals surface area contributed by atoms with Crippen LogP contribution in [0, 0.1) is 31.7 Å². The first kappa shape index (κ1) is 25.0. The molecule has 2 fully saturated rings. The van der Waals surface area contributed by atoms with Gasteiger partial charge in [0.25, 0.3) is 0 Å². The van der Waals surface area contributed by atoms with Crippen molar-refractivity contribution in [2.24, 2.45) is 11.8 Å². The van der Waals surface area contributed by atoms with Gasteiger partial charge in [0.1, 0.15) is 0 Å². The maximum Gasteiger partial charge on any atom is 0.0595 e. The third kappa shape index (κ3) is 5.48. The molecular formula is C28H34IrNO2-. The minimum Gasteiger partial charge on any atom is -0.393 e. The normalized spacial score (nSPS) is 24.1. The molecule has 0 saturated heterocycles. The van der Waals surface area contributed by atoms with E-state index in [1.54, 1.807) is 0 Å². The molecule has 2 N–H and O–H groups in total. The average Bonchev–Trinajstić information content (AvgIpc) is 3.29. The van der Waals surface area contributed by atoms with Crippen molar-refractivity contribution in [3.63, 3.8) is 0 Å². The minimum absolute atomic E-state index is 0. The Morgan fingerprint density at radius 1 is 0.906 bits per heavy atom. The fourth-order valence-corrected chi connectivity index (χ4v) is 5.27. The predicted molar refractivity (Wildman–Crippen MR) is 127 cm³/mol. The van der Waals surface area contributed by atoms with Crippen molar-refractivity contribution in [1.29, 1.82) is 0 Å². The van der Waals surface area contributed by atoms with E-state index in [1.165, 1.54) is 21.9 Å². The van der Waals surface area contributed by atoms with Gasteiger partial charge in [0.2, 0.25) is 0 Å². The summed E-state index contributed by atoms with van der Waals surface area (Å²) >= 11 is 0. The molecule has 2 aliphatic rings. The summed E-state index contributed by atoms with van der Waals surface area (Å²) in [5, 5.41) is 21.3. The van der Waals surface area contributed by atoms with E-state index in [-0.39, 0.29) is 38.2 Å². The van der Waals surface area contributed by atoms with Gasteiger partial charge in [-0.2, -0.15) is 0 Å². The van der Waals surface area contributed by atoms with E-state index < -0.39 is 0 Å². The van der Waals surface area contributed by atoms with Crippen molar-refractivity contribution < 1.29 is 30.3 Å². The molecule has 4 heteroatoms. The molecule has 1 radical (unpaired) electrons. The van der Waals surface area contributed by atoms with Crippen molar-refractivity contribution in [1.82, 2.24) is 4.98 Å². The fraction of sp³-hybridized carbons (Fsp3) is 0.464. The quantitative estimate of drug-likeness (QED) is 0.353. The van der Waals surface area contributed by atoms with Gasteiger partial charge in [0, 0.05) is 32.2 Å². The van der Waals surface area contributed by atoms with Crippen molar-refractivity contribution in [3.05, 3.63) is 65.4 Å². The molecule has 173 valence electrons. The minimum atomic E-state index is -0.206. The smallest absolute Gasteiger partial charge is 0.0595 e. The molecule has 1 aromatic heterocycles. The fourth-order valence-electron chi connectivity index (χ4n) is 5.27. The van der Waals surface area contributed by atoms with Gasteiger partial charge in [-0.15, -0.1) is 34.9 Å². The molecule has 0 spiro atoms. The summed E-state index contributed by atoms with van der Waals surface area (Å²) in [5.41, 5.74) is 5.84. The van der Waals surface area contributed by atoms with Gasteiger partial charge < -0.3 is 15.2 Å². The second kappa shape index (κ2) is 10.6. The molecular weight excluding hydrogens is 575 g/mol. The summed E-state index contributed by atoms with van der Waals surface area (Å²) in [4.78, 5) is 4.60. The molecule has 2 aliphatic carbocycles. The number of fused-ring (bicyclic) bond motifs is 2. The second-order valence-electron chi connectivity index (χ2n) is 9.71. The third-order valence-electron chi connectivity index (χ3n) is 6.94. The SMILES string of the molecule is Cc1[c-]c(-c2cc3cc(C(C)C)ccc3cn2)cc(C)c1.OC1CCC2CCC(O)C12.[Ir]. The molecule has 0 amide bonds. The molecule has 3 nitrogen and oxygen atoms in total. The summed E-state index contributed by atoms with van der Waals surface area (Å²) in [6.07, 6.45) is 5.62. The molecule has 1 heterocycles. The zero-order valence-corrected chi connectivity index (χ0v) is 21.8. The summed E-state index contributed by atoms with van der Waals surface area (Å²) in [6, 6.07) is 16.5. The Labute approximate surface area is 205 Å². The number of hydrogen-bond donors (Lipinski definition) is 2. The van der Waals surface area contributed by atoms with Gasteiger partial charge in [-0.05, 0) is 59.5 Å². The first-order valence-electron chi connectivity index (χ1n) is 11.6. The Kier molecular flexibility index (Phi) is 8.27. The molecule has 3 aromatic rings. The van der Waals surface area contributed by atoms with Crippen LogP contribution in [0.4, 0.5) is 0 Å². The Balaban J connectivity index is 0.000000220. The Hall–Kier alpha value is -1.58. The van der Waals surface area contributed by atoms with Crippen LogP contribution < -0.4 is 0 Å². The Morgan fingerprint density at radius 2 is 1.59 bits per heavy atom. The van der Waals surface area contributed by atoms with E-state index in [2.05, 4.69) is 75.1 Å². The van der Waals surface area contributed by atoms with Crippen LogP contribution in [0.25, 0.3) is 22.0 Å². The number of aromatic nitrogens is 1. The van der Waals surface area contributed by atoms with Crippen molar-refractivity contribution >= 4 is 10.8 Å². The zero-order chi connectivity index (χ0) is 22.1. The van der Waals surface area contributed by atoms with E-state index in [0.717, 1.165) is 42.5 Å². The molecule has 0 aliphatic heterocycles. The number of nitrogens with zero attached hydrogens (tertiary/aromatic N) is 1. The number of rotatable bonds is 2. The van der Waals surface area contributed by atoms with Gasteiger partial charge in [-0.25, -0.2) is 0 Å². The maximum atomic E-state index is 9.41. The number of pyridine rings is 1. The summed E-state index contributed by atoms with van der Waals surface area (Å²) in [7, 11) is 0. The monoisotopic (exact) mass is 609 g/mol. The average molecular weight is 609 g/mol. The molecule has 2 saturated carbocycles. The van der Waals surface area contributed by atoms with E-state index in [1.807, 2.05) is 6.20 Å². The predicted octanol–water partition coefficient (Wildman–Crippen LogP) is 5.97. The van der Waals surface area contributed by atoms with Crippen LogP contribution >= 0.6 is 0 Å². The van der Waals surface area contributed by atoms with E-state index >= 15 is 0 Å². The molecule has 2 unspecified atom stereocenters. The van der Waals surface area contributed by atoms with Crippen molar-refractivity contribution in [2.45, 2.75) is 71.5 Å². The molecule has 2 aromatic carbocycles. The topological polar surface area (TPSA) is 53.4 Å². The van der Waals surface area contributed by atoms with E-state index in [9.17, 15) is 10.2 Å². The van der Waals surface area contributed by atoms with Crippen LogP contribution in [0.1, 0.15) is 62.1 Å². The summed E-state index contributed by atoms with van der Waals surface area (Å²) < 4.78 is 0. The molecule has 2 atom stereocenters. The molecule has 5 rings (SSSR count). The van der Waals surface area contributed by atoms with Crippen LogP contribution in [0.15, 0.2) is 42.6 Å². The summed E-state index contributed by atoms with van der Waals surface area (Å²) in [6.45, 7) is 8.64. The molecule has 32 heavy (non-hydrogen) atoms. The number of hydrogen-bond acceptors (Lipinski definition) is 3. The number of aliphatic hydroxyl groups excluding tert-OH is 2. The van der Waals surface area contributed by atoms with Gasteiger partial charge in [0.15, 0.2) is 0 Å². The first-order valence-corrected chi connectivity index (χ1v) is 11.6. The second-order valence-corrected chi connectivity index (χ2v) is 9.71. The number of aliphatic hydroxyl groups is 2. The zero-order valence-electron chi connectivity index (χ0n) is 19.4. The maximum absolute atomic E-state index is 9.41. The van der Waals surface area contributed by atoms with Gasteiger partial charge in [-0.1, -0.05) is 52.0 Å². The summed E-state index contributed by atoms with van der Waals surface area (Å²) in [5.74, 6) is 1.39. The Morgan fingerprint density at radius 3 is 2.19 bits per heavy atom. The standard InChI is InChI=1S/C20H20N.C8H14O2.Ir/c1-13(2)16-5-6-17-12-21-20(11-18(17)10-16)19-8-14(3)7-15(4)9-19;9-6-3-1-5-2-4-7(10)8(5)6;/h5-8,10-13H,1-4H3;5-10H,1-4H2;/q-1;;. The number of benzene rings is 2. The van der Waals surface area contributed by atoms with Crippen LogP contribution in [0.3, 0.4) is 0 Å². The first-order chi connectivity index (χ1) is 14.8. The van der Waals surface area contributed by atoms with Gasteiger partial charge in [0.05, 0.1) is 12.2 Å². The Bertz CT molecular complexity index is 1030. The van der Waals surface area contributed by atoms with E-state index in [0.29, 0.717) is 11.8 Å². The van der Waals surface area contributed by atoms with Crippen LogP contribution in [0.2, 0.25) is 0 Å². The number of aryl methyl sites for hydroxylation is 2. The largest absolute Gasteiger partial charge is 0.393 e. The third-order valence-corrected chi connectivity index (χ3v) is 6.94. The van der Waals surface area contributed by atoms with Crippen molar-refractivity contribution in [3.8, 4) is 11.3 Å².